The van der Waals surface area contributed by atoms with Crippen molar-refractivity contribution in [3.8, 4) is 39.1 Å². The minimum Gasteiger partial charge on any atom is -0.310 e. The average Bonchev–Trinajstić information content (AvgIpc) is 3.67. The van der Waals surface area contributed by atoms with Gasteiger partial charge in [-0.15, -0.1) is 0 Å². The summed E-state index contributed by atoms with van der Waals surface area (Å²) in [4.78, 5) is 2.39. The first-order chi connectivity index (χ1) is 26.1. The maximum atomic E-state index is 2.51. The zero-order chi connectivity index (χ0) is 35.5. The normalized spacial score (nSPS) is 12.9. The number of para-hydroxylation sites is 1. The first-order valence-electron chi connectivity index (χ1n) is 18.4. The van der Waals surface area contributed by atoms with Gasteiger partial charge < -0.3 is 9.47 Å². The topological polar surface area (TPSA) is 8.17 Å². The molecule has 0 fully saturated rings. The summed E-state index contributed by atoms with van der Waals surface area (Å²) in [5.41, 5.74) is 17.1. The number of rotatable bonds is 6. The van der Waals surface area contributed by atoms with Gasteiger partial charge in [-0.25, -0.2) is 0 Å². The van der Waals surface area contributed by atoms with E-state index in [1.807, 2.05) is 0 Å². The van der Waals surface area contributed by atoms with E-state index in [2.05, 4.69) is 217 Å². The van der Waals surface area contributed by atoms with Crippen molar-refractivity contribution in [2.24, 2.45) is 0 Å². The van der Waals surface area contributed by atoms with Gasteiger partial charge in [0.2, 0.25) is 0 Å². The highest BCUT2D eigenvalue weighted by molar-refractivity contribution is 6.14. The number of benzene rings is 8. The molecule has 1 heterocycles. The van der Waals surface area contributed by atoms with E-state index < -0.39 is 0 Å². The summed E-state index contributed by atoms with van der Waals surface area (Å²) >= 11 is 0. The van der Waals surface area contributed by atoms with Crippen LogP contribution in [0.3, 0.4) is 0 Å². The lowest BCUT2D eigenvalue weighted by Gasteiger charge is -2.26. The van der Waals surface area contributed by atoms with Crippen LogP contribution < -0.4 is 4.90 Å². The largest absolute Gasteiger partial charge is 0.310 e. The molecule has 1 aliphatic rings. The highest BCUT2D eigenvalue weighted by Crippen LogP contribution is 2.53. The molecule has 1 aliphatic carbocycles. The zero-order valence-electron chi connectivity index (χ0n) is 29.9. The van der Waals surface area contributed by atoms with Crippen LogP contribution in [0.1, 0.15) is 25.0 Å². The third kappa shape index (κ3) is 5.02. The fourth-order valence-corrected chi connectivity index (χ4v) is 8.65. The molecule has 53 heavy (non-hydrogen) atoms. The highest BCUT2D eigenvalue weighted by Gasteiger charge is 2.38. The van der Waals surface area contributed by atoms with Crippen LogP contribution >= 0.6 is 0 Å². The van der Waals surface area contributed by atoms with E-state index in [-0.39, 0.29) is 5.41 Å². The van der Waals surface area contributed by atoms with Crippen molar-refractivity contribution in [3.63, 3.8) is 0 Å². The average molecular weight is 679 g/mol. The van der Waals surface area contributed by atoms with E-state index >= 15 is 0 Å². The maximum Gasteiger partial charge on any atom is 0.0588 e. The summed E-state index contributed by atoms with van der Waals surface area (Å²) in [5.74, 6) is 0. The first-order valence-corrected chi connectivity index (χ1v) is 18.4. The Kier molecular flexibility index (Phi) is 7.19. The van der Waals surface area contributed by atoms with E-state index in [0.717, 1.165) is 22.7 Å². The Morgan fingerprint density at radius 2 is 0.906 bits per heavy atom. The molecule has 0 radical (unpaired) electrons. The summed E-state index contributed by atoms with van der Waals surface area (Å²) in [6, 6.07) is 70.6. The minimum atomic E-state index is -0.151. The predicted molar refractivity (Wildman–Crippen MR) is 224 cm³/mol. The Morgan fingerprint density at radius 1 is 0.415 bits per heavy atom. The van der Waals surface area contributed by atoms with Crippen LogP contribution in [0.15, 0.2) is 194 Å². The number of aromatic nitrogens is 1. The molecular weight excluding hydrogens is 641 g/mol. The Bertz CT molecular complexity index is 2680. The molecule has 0 saturated carbocycles. The molecule has 0 saturated heterocycles. The number of anilines is 3. The van der Waals surface area contributed by atoms with Gasteiger partial charge >= 0.3 is 0 Å². The molecule has 0 aliphatic heterocycles. The summed E-state index contributed by atoms with van der Waals surface area (Å²) in [7, 11) is 0. The van der Waals surface area contributed by atoms with Gasteiger partial charge in [0.1, 0.15) is 0 Å². The predicted octanol–water partition coefficient (Wildman–Crippen LogP) is 13.9. The molecule has 1 aromatic heterocycles. The number of nitrogens with zero attached hydrogens (tertiary/aromatic N) is 2. The van der Waals surface area contributed by atoms with Crippen LogP contribution in [-0.2, 0) is 5.41 Å². The van der Waals surface area contributed by atoms with Crippen molar-refractivity contribution in [1.29, 1.82) is 0 Å². The summed E-state index contributed by atoms with van der Waals surface area (Å²) in [5, 5.41) is 2.53. The summed E-state index contributed by atoms with van der Waals surface area (Å²) in [6.07, 6.45) is 0. The van der Waals surface area contributed by atoms with Crippen LogP contribution in [0.25, 0.3) is 60.9 Å². The fourth-order valence-electron chi connectivity index (χ4n) is 8.65. The van der Waals surface area contributed by atoms with E-state index in [0.29, 0.717) is 0 Å². The second-order valence-electron chi connectivity index (χ2n) is 14.6. The first kappa shape index (κ1) is 31.1. The van der Waals surface area contributed by atoms with Crippen molar-refractivity contribution >= 4 is 38.9 Å². The van der Waals surface area contributed by atoms with Crippen molar-refractivity contribution in [1.82, 2.24) is 4.57 Å². The molecule has 0 unspecified atom stereocenters. The van der Waals surface area contributed by atoms with Gasteiger partial charge in [0.15, 0.2) is 0 Å². The SMILES string of the molecule is CC1(C)c2ccccc2-c2ccc3c4ccc(N(c5ccc(-c6ccccc6)cc5)c5ccc(-c6ccccc6)cc5)cc4n(-c4ccccc4)c3c21. The Balaban J connectivity index is 1.20. The number of fused-ring (bicyclic) bond motifs is 7. The van der Waals surface area contributed by atoms with Crippen molar-refractivity contribution in [3.05, 3.63) is 205 Å². The van der Waals surface area contributed by atoms with Gasteiger partial charge in [0.05, 0.1) is 11.0 Å². The third-order valence-electron chi connectivity index (χ3n) is 11.2. The maximum absolute atomic E-state index is 2.51. The Labute approximate surface area is 310 Å². The molecule has 9 aromatic rings. The van der Waals surface area contributed by atoms with Crippen molar-refractivity contribution in [2.75, 3.05) is 4.90 Å². The molecule has 0 atom stereocenters. The molecule has 0 bridgehead atoms. The quantitative estimate of drug-likeness (QED) is 0.170. The second-order valence-corrected chi connectivity index (χ2v) is 14.6. The smallest absolute Gasteiger partial charge is 0.0588 e. The van der Waals surface area contributed by atoms with Gasteiger partial charge in [0, 0.05) is 38.9 Å². The van der Waals surface area contributed by atoms with Crippen LogP contribution in [-0.4, -0.2) is 4.57 Å². The fraction of sp³-hybridized carbons (Fsp3) is 0.0588. The lowest BCUT2D eigenvalue weighted by atomic mass is 9.81. The van der Waals surface area contributed by atoms with E-state index in [9.17, 15) is 0 Å². The van der Waals surface area contributed by atoms with Gasteiger partial charge in [-0.05, 0) is 93.0 Å². The Hall–Kier alpha value is -6.64. The van der Waals surface area contributed by atoms with Crippen LogP contribution in [0.5, 0.6) is 0 Å². The third-order valence-corrected chi connectivity index (χ3v) is 11.2. The molecule has 0 amide bonds. The molecule has 0 spiro atoms. The lowest BCUT2D eigenvalue weighted by Crippen LogP contribution is -2.16. The van der Waals surface area contributed by atoms with Crippen LogP contribution in [0.4, 0.5) is 17.1 Å². The molecule has 252 valence electrons. The van der Waals surface area contributed by atoms with Crippen molar-refractivity contribution < 1.29 is 0 Å². The molecule has 10 rings (SSSR count). The number of hydrogen-bond donors (Lipinski definition) is 0. The van der Waals surface area contributed by atoms with Crippen LogP contribution in [0.2, 0.25) is 0 Å². The lowest BCUT2D eigenvalue weighted by molar-refractivity contribution is 0.664. The standard InChI is InChI=1S/C51H38N2/c1-51(2)47-21-13-12-20-43(47)45-32-33-46-44-31-30-42(34-48(44)53(50(46)49(45)51)39-18-10-5-11-19-39)52(40-26-22-37(23-27-40)35-14-6-3-7-15-35)41-28-24-38(25-29-41)36-16-8-4-9-17-36/h3-34H,1-2H3. The van der Waals surface area contributed by atoms with E-state index in [4.69, 9.17) is 0 Å². The van der Waals surface area contributed by atoms with Gasteiger partial charge in [0.25, 0.3) is 0 Å². The van der Waals surface area contributed by atoms with Crippen LogP contribution in [0, 0.1) is 0 Å². The molecule has 2 heteroatoms. The molecule has 2 nitrogen and oxygen atoms in total. The second kappa shape index (κ2) is 12.3. The van der Waals surface area contributed by atoms with E-state index in [1.165, 1.54) is 66.3 Å². The van der Waals surface area contributed by atoms with Crippen molar-refractivity contribution in [2.45, 2.75) is 19.3 Å². The van der Waals surface area contributed by atoms with Gasteiger partial charge in [-0.1, -0.05) is 159 Å². The number of hydrogen-bond acceptors (Lipinski definition) is 1. The molecule has 8 aromatic carbocycles. The highest BCUT2D eigenvalue weighted by atomic mass is 15.1. The molecular formula is C51H38N2. The monoisotopic (exact) mass is 678 g/mol. The Morgan fingerprint density at radius 3 is 1.51 bits per heavy atom. The van der Waals surface area contributed by atoms with Gasteiger partial charge in [-0.2, -0.15) is 0 Å². The van der Waals surface area contributed by atoms with E-state index in [1.54, 1.807) is 0 Å². The minimum absolute atomic E-state index is 0.151. The molecule has 0 N–H and O–H groups in total. The summed E-state index contributed by atoms with van der Waals surface area (Å²) < 4.78 is 2.51. The zero-order valence-corrected chi connectivity index (χ0v) is 29.9. The van der Waals surface area contributed by atoms with Gasteiger partial charge in [-0.3, -0.25) is 0 Å². The summed E-state index contributed by atoms with van der Waals surface area (Å²) in [6.45, 7) is 4.77.